The lowest BCUT2D eigenvalue weighted by atomic mass is 10.0. The third-order valence-corrected chi connectivity index (χ3v) is 3.71. The van der Waals surface area contributed by atoms with Gasteiger partial charge in [-0.1, -0.05) is 19.8 Å². The molecular weight excluding hydrogens is 248 g/mol. The van der Waals surface area contributed by atoms with Crippen LogP contribution in [-0.2, 0) is 4.79 Å². The minimum absolute atomic E-state index is 0. The first-order valence-corrected chi connectivity index (χ1v) is 7.22. The van der Waals surface area contributed by atoms with E-state index in [2.05, 4.69) is 11.8 Å². The number of nitrogens with two attached hydrogens (primary N) is 1. The number of likely N-dealkylation sites (tertiary alicyclic amines) is 1. The van der Waals surface area contributed by atoms with Crippen LogP contribution >= 0.6 is 12.4 Å². The Morgan fingerprint density at radius 3 is 2.61 bits per heavy atom. The number of hydrogen-bond donors (Lipinski definition) is 1. The molecule has 1 rings (SSSR count). The summed E-state index contributed by atoms with van der Waals surface area (Å²) in [5, 5.41) is 0. The van der Waals surface area contributed by atoms with Crippen molar-refractivity contribution >= 4 is 18.3 Å². The van der Waals surface area contributed by atoms with E-state index < -0.39 is 0 Å². The zero-order valence-electron chi connectivity index (χ0n) is 11.7. The molecule has 0 aliphatic carbocycles. The molecule has 108 valence electrons. The SMILES string of the molecule is CC1CCCN(C(=O)CCCCCCN)CC1.Cl. The van der Waals surface area contributed by atoms with E-state index in [1.807, 2.05) is 0 Å². The van der Waals surface area contributed by atoms with Crippen LogP contribution in [0.1, 0.15) is 58.3 Å². The molecule has 1 atom stereocenters. The molecule has 1 amide bonds. The van der Waals surface area contributed by atoms with E-state index in [0.717, 1.165) is 51.2 Å². The van der Waals surface area contributed by atoms with Gasteiger partial charge in [-0.25, -0.2) is 0 Å². The number of nitrogens with zero attached hydrogens (tertiary/aromatic N) is 1. The summed E-state index contributed by atoms with van der Waals surface area (Å²) in [5.74, 6) is 1.16. The summed E-state index contributed by atoms with van der Waals surface area (Å²) in [7, 11) is 0. The van der Waals surface area contributed by atoms with Crippen LogP contribution in [-0.4, -0.2) is 30.4 Å². The van der Waals surface area contributed by atoms with E-state index in [0.29, 0.717) is 5.91 Å². The lowest BCUT2D eigenvalue weighted by molar-refractivity contribution is -0.131. The highest BCUT2D eigenvalue weighted by molar-refractivity contribution is 5.85. The number of halogens is 1. The number of amides is 1. The first kappa shape index (κ1) is 17.7. The highest BCUT2D eigenvalue weighted by Crippen LogP contribution is 2.17. The van der Waals surface area contributed by atoms with Gasteiger partial charge in [0.2, 0.25) is 5.91 Å². The Hall–Kier alpha value is -0.280. The number of rotatable bonds is 6. The second kappa shape index (κ2) is 10.6. The normalized spacial score (nSPS) is 20.1. The minimum Gasteiger partial charge on any atom is -0.343 e. The Morgan fingerprint density at radius 2 is 1.89 bits per heavy atom. The monoisotopic (exact) mass is 276 g/mol. The molecule has 0 aromatic carbocycles. The van der Waals surface area contributed by atoms with Crippen molar-refractivity contribution < 1.29 is 4.79 Å². The molecular formula is C14H29ClN2O. The minimum atomic E-state index is 0. The van der Waals surface area contributed by atoms with E-state index >= 15 is 0 Å². The molecule has 0 aromatic rings. The molecule has 0 radical (unpaired) electrons. The molecule has 0 spiro atoms. The molecule has 0 aromatic heterocycles. The van der Waals surface area contributed by atoms with Crippen molar-refractivity contribution in [3.8, 4) is 0 Å². The van der Waals surface area contributed by atoms with Gasteiger partial charge >= 0.3 is 0 Å². The van der Waals surface area contributed by atoms with Crippen LogP contribution in [0.3, 0.4) is 0 Å². The highest BCUT2D eigenvalue weighted by atomic mass is 35.5. The smallest absolute Gasteiger partial charge is 0.222 e. The summed E-state index contributed by atoms with van der Waals surface area (Å²) in [6.45, 7) is 5.02. The maximum atomic E-state index is 12.0. The maximum absolute atomic E-state index is 12.0. The summed E-state index contributed by atoms with van der Waals surface area (Å²) in [6, 6.07) is 0. The van der Waals surface area contributed by atoms with Gasteiger partial charge in [0.25, 0.3) is 0 Å². The van der Waals surface area contributed by atoms with Crippen LogP contribution < -0.4 is 5.73 Å². The molecule has 1 saturated heterocycles. The fourth-order valence-corrected chi connectivity index (χ4v) is 2.44. The van der Waals surface area contributed by atoms with Gasteiger partial charge in [-0.15, -0.1) is 12.4 Å². The van der Waals surface area contributed by atoms with E-state index in [1.165, 1.54) is 25.7 Å². The third kappa shape index (κ3) is 7.22. The summed E-state index contributed by atoms with van der Waals surface area (Å²) in [4.78, 5) is 14.1. The van der Waals surface area contributed by atoms with Crippen LogP contribution in [0, 0.1) is 5.92 Å². The van der Waals surface area contributed by atoms with Crippen molar-refractivity contribution in [1.82, 2.24) is 4.90 Å². The van der Waals surface area contributed by atoms with Gasteiger partial charge < -0.3 is 10.6 Å². The van der Waals surface area contributed by atoms with Crippen molar-refractivity contribution in [3.05, 3.63) is 0 Å². The van der Waals surface area contributed by atoms with Gasteiger partial charge in [0, 0.05) is 19.5 Å². The van der Waals surface area contributed by atoms with Gasteiger partial charge in [0.15, 0.2) is 0 Å². The zero-order chi connectivity index (χ0) is 12.5. The van der Waals surface area contributed by atoms with Crippen LogP contribution in [0.15, 0.2) is 0 Å². The third-order valence-electron chi connectivity index (χ3n) is 3.71. The standard InChI is InChI=1S/C14H28N2O.ClH/c1-13-7-6-11-16(12-9-13)14(17)8-4-2-3-5-10-15;/h13H,2-12,15H2,1H3;1H. The lowest BCUT2D eigenvalue weighted by Crippen LogP contribution is -2.31. The van der Waals surface area contributed by atoms with Crippen molar-refractivity contribution in [2.75, 3.05) is 19.6 Å². The van der Waals surface area contributed by atoms with Crippen LogP contribution in [0.4, 0.5) is 0 Å². The van der Waals surface area contributed by atoms with Crippen molar-refractivity contribution in [2.45, 2.75) is 58.3 Å². The summed E-state index contributed by atoms with van der Waals surface area (Å²) in [5.41, 5.74) is 5.44. The lowest BCUT2D eigenvalue weighted by Gasteiger charge is -2.20. The zero-order valence-corrected chi connectivity index (χ0v) is 12.5. The first-order valence-electron chi connectivity index (χ1n) is 7.22. The Labute approximate surface area is 118 Å². The molecule has 1 aliphatic rings. The first-order chi connectivity index (χ1) is 8.24. The van der Waals surface area contributed by atoms with Crippen molar-refractivity contribution in [3.63, 3.8) is 0 Å². The molecule has 3 nitrogen and oxygen atoms in total. The number of unbranched alkanes of at least 4 members (excludes halogenated alkanes) is 3. The summed E-state index contributed by atoms with van der Waals surface area (Å²) < 4.78 is 0. The average Bonchev–Trinajstić information content (AvgIpc) is 2.53. The van der Waals surface area contributed by atoms with Gasteiger partial charge in [-0.05, 0) is 44.6 Å². The molecule has 4 heteroatoms. The number of carbonyl (C=O) groups excluding carboxylic acids is 1. The largest absolute Gasteiger partial charge is 0.343 e. The molecule has 1 heterocycles. The van der Waals surface area contributed by atoms with Crippen LogP contribution in [0.25, 0.3) is 0 Å². The van der Waals surface area contributed by atoms with Crippen LogP contribution in [0.2, 0.25) is 0 Å². The Bertz CT molecular complexity index is 224. The average molecular weight is 277 g/mol. The predicted octanol–water partition coefficient (Wildman–Crippen LogP) is 2.97. The molecule has 1 unspecified atom stereocenters. The quantitative estimate of drug-likeness (QED) is 0.758. The van der Waals surface area contributed by atoms with E-state index in [-0.39, 0.29) is 12.4 Å². The topological polar surface area (TPSA) is 46.3 Å². The van der Waals surface area contributed by atoms with Gasteiger partial charge in [-0.2, -0.15) is 0 Å². The van der Waals surface area contributed by atoms with Crippen LogP contribution in [0.5, 0.6) is 0 Å². The molecule has 0 bridgehead atoms. The summed E-state index contributed by atoms with van der Waals surface area (Å²) >= 11 is 0. The second-order valence-corrected chi connectivity index (χ2v) is 5.37. The number of carbonyl (C=O) groups is 1. The molecule has 1 aliphatic heterocycles. The Balaban J connectivity index is 0.00000289. The molecule has 18 heavy (non-hydrogen) atoms. The van der Waals surface area contributed by atoms with E-state index in [1.54, 1.807) is 0 Å². The Morgan fingerprint density at radius 1 is 1.17 bits per heavy atom. The molecule has 0 saturated carbocycles. The maximum Gasteiger partial charge on any atom is 0.222 e. The molecule has 2 N–H and O–H groups in total. The summed E-state index contributed by atoms with van der Waals surface area (Å²) in [6.07, 6.45) is 8.81. The van der Waals surface area contributed by atoms with Crippen molar-refractivity contribution in [2.24, 2.45) is 11.7 Å². The van der Waals surface area contributed by atoms with E-state index in [4.69, 9.17) is 5.73 Å². The van der Waals surface area contributed by atoms with Crippen molar-refractivity contribution in [1.29, 1.82) is 0 Å². The Kier molecular flexibility index (Phi) is 10.5. The van der Waals surface area contributed by atoms with Gasteiger partial charge in [0.1, 0.15) is 0 Å². The second-order valence-electron chi connectivity index (χ2n) is 5.37. The van der Waals surface area contributed by atoms with Gasteiger partial charge in [0.05, 0.1) is 0 Å². The van der Waals surface area contributed by atoms with Gasteiger partial charge in [-0.3, -0.25) is 4.79 Å². The predicted molar refractivity (Wildman–Crippen MR) is 79.0 cm³/mol. The highest BCUT2D eigenvalue weighted by Gasteiger charge is 2.17. The number of hydrogen-bond acceptors (Lipinski definition) is 2. The van der Waals surface area contributed by atoms with E-state index in [9.17, 15) is 4.79 Å². The fraction of sp³-hybridized carbons (Fsp3) is 0.929. The molecule has 1 fully saturated rings. The fourth-order valence-electron chi connectivity index (χ4n) is 2.44.